The molecule has 2 heteroatoms. The van der Waals surface area contributed by atoms with Crippen molar-refractivity contribution in [2.45, 2.75) is 24.6 Å². The Hall–Kier alpha value is -0.370. The highest BCUT2D eigenvalue weighted by atomic mass is 79.9. The van der Waals surface area contributed by atoms with Gasteiger partial charge >= 0.3 is 0 Å². The van der Waals surface area contributed by atoms with E-state index in [1.165, 1.54) is 30.4 Å². The van der Waals surface area contributed by atoms with Crippen molar-refractivity contribution in [2.24, 2.45) is 0 Å². The molecule has 0 N–H and O–H groups in total. The van der Waals surface area contributed by atoms with Crippen LogP contribution in [0.25, 0.3) is 0 Å². The van der Waals surface area contributed by atoms with Crippen molar-refractivity contribution in [2.75, 3.05) is 0 Å². The Bertz CT molecular complexity index is 270. The minimum Gasteiger partial charge on any atom is -0.260 e. The van der Waals surface area contributed by atoms with Crippen molar-refractivity contribution in [3.05, 3.63) is 29.1 Å². The number of hydrogen-bond donors (Lipinski definition) is 0. The highest BCUT2D eigenvalue weighted by Gasteiger charge is 2.10. The molecule has 2 rings (SSSR count). The molecular formula is C9H10BrN. The van der Waals surface area contributed by atoms with Gasteiger partial charge in [0.1, 0.15) is 0 Å². The zero-order valence-electron chi connectivity index (χ0n) is 6.31. The highest BCUT2D eigenvalue weighted by Crippen LogP contribution is 2.21. The van der Waals surface area contributed by atoms with E-state index in [1.807, 2.05) is 6.20 Å². The Balaban J connectivity index is 2.41. The summed E-state index contributed by atoms with van der Waals surface area (Å²) in [6, 6.07) is 2.22. The number of rotatable bonds is 1. The number of halogens is 1. The maximum Gasteiger partial charge on any atom is 0.0512 e. The molecule has 1 aliphatic carbocycles. The zero-order valence-corrected chi connectivity index (χ0v) is 7.89. The molecule has 0 spiro atoms. The molecule has 0 fully saturated rings. The fourth-order valence-corrected chi connectivity index (χ4v) is 1.88. The van der Waals surface area contributed by atoms with Gasteiger partial charge < -0.3 is 0 Å². The number of aryl methyl sites for hydroxylation is 2. The summed E-state index contributed by atoms with van der Waals surface area (Å²) >= 11 is 3.40. The van der Waals surface area contributed by atoms with Crippen molar-refractivity contribution >= 4 is 15.9 Å². The first-order valence-corrected chi connectivity index (χ1v) is 5.05. The van der Waals surface area contributed by atoms with Crippen LogP contribution in [0.2, 0.25) is 0 Å². The number of fused-ring (bicyclic) bond motifs is 1. The first-order chi connectivity index (χ1) is 5.40. The first kappa shape index (κ1) is 7.29. The number of aromatic nitrogens is 1. The van der Waals surface area contributed by atoms with Crippen molar-refractivity contribution in [1.29, 1.82) is 0 Å². The predicted octanol–water partition coefficient (Wildman–Crippen LogP) is 2.47. The zero-order chi connectivity index (χ0) is 7.68. The number of nitrogens with zero attached hydrogens (tertiary/aromatic N) is 1. The summed E-state index contributed by atoms with van der Waals surface area (Å²) in [5, 5.41) is 0.875. The first-order valence-electron chi connectivity index (χ1n) is 3.93. The van der Waals surface area contributed by atoms with E-state index in [0.29, 0.717) is 0 Å². The van der Waals surface area contributed by atoms with Gasteiger partial charge in [-0.05, 0) is 36.5 Å². The summed E-state index contributed by atoms with van der Waals surface area (Å²) in [7, 11) is 0. The summed E-state index contributed by atoms with van der Waals surface area (Å²) < 4.78 is 0. The molecule has 1 aromatic heterocycles. The van der Waals surface area contributed by atoms with Gasteiger partial charge in [-0.3, -0.25) is 4.98 Å². The molecule has 0 aliphatic heterocycles. The average molecular weight is 212 g/mol. The smallest absolute Gasteiger partial charge is 0.0512 e. The second kappa shape index (κ2) is 2.94. The summed E-state index contributed by atoms with van der Waals surface area (Å²) in [6.07, 6.45) is 5.81. The van der Waals surface area contributed by atoms with Crippen LogP contribution < -0.4 is 0 Å². The molecule has 0 saturated heterocycles. The molecule has 0 aromatic carbocycles. The molecule has 0 radical (unpaired) electrons. The molecule has 0 atom stereocenters. The van der Waals surface area contributed by atoms with Crippen LogP contribution in [0, 0.1) is 0 Å². The SMILES string of the molecule is BrCc1cc2c(cn1)CCC2. The van der Waals surface area contributed by atoms with Gasteiger partial charge in [-0.2, -0.15) is 0 Å². The summed E-state index contributed by atoms with van der Waals surface area (Å²) in [4.78, 5) is 4.32. The highest BCUT2D eigenvalue weighted by molar-refractivity contribution is 9.08. The molecule has 58 valence electrons. The van der Waals surface area contributed by atoms with Gasteiger partial charge in [-0.1, -0.05) is 15.9 Å². The average Bonchev–Trinajstić information content (AvgIpc) is 2.50. The van der Waals surface area contributed by atoms with Crippen LogP contribution >= 0.6 is 15.9 Å². The van der Waals surface area contributed by atoms with E-state index in [-0.39, 0.29) is 0 Å². The molecule has 11 heavy (non-hydrogen) atoms. The molecule has 0 bridgehead atoms. The van der Waals surface area contributed by atoms with Gasteiger partial charge in [0, 0.05) is 11.5 Å². The van der Waals surface area contributed by atoms with Gasteiger partial charge in [0.25, 0.3) is 0 Å². The second-order valence-corrected chi connectivity index (χ2v) is 3.49. The number of alkyl halides is 1. The third-order valence-electron chi connectivity index (χ3n) is 2.17. The summed E-state index contributed by atoms with van der Waals surface area (Å²) in [5.41, 5.74) is 4.12. The monoisotopic (exact) mass is 211 g/mol. The number of pyridine rings is 1. The van der Waals surface area contributed by atoms with Gasteiger partial charge in [0.05, 0.1) is 5.69 Å². The fourth-order valence-electron chi connectivity index (χ4n) is 1.58. The topological polar surface area (TPSA) is 12.9 Å². The maximum atomic E-state index is 4.32. The van der Waals surface area contributed by atoms with E-state index in [0.717, 1.165) is 11.0 Å². The van der Waals surface area contributed by atoms with Crippen LogP contribution in [0.5, 0.6) is 0 Å². The van der Waals surface area contributed by atoms with E-state index < -0.39 is 0 Å². The van der Waals surface area contributed by atoms with E-state index >= 15 is 0 Å². The minimum atomic E-state index is 0.875. The van der Waals surface area contributed by atoms with Crippen molar-refractivity contribution in [1.82, 2.24) is 4.98 Å². The summed E-state index contributed by atoms with van der Waals surface area (Å²) in [6.45, 7) is 0. The molecule has 0 amide bonds. The van der Waals surface area contributed by atoms with E-state index in [2.05, 4.69) is 27.0 Å². The largest absolute Gasteiger partial charge is 0.260 e. The third-order valence-corrected chi connectivity index (χ3v) is 2.74. The van der Waals surface area contributed by atoms with Gasteiger partial charge in [-0.25, -0.2) is 0 Å². The van der Waals surface area contributed by atoms with Crippen LogP contribution in [0.15, 0.2) is 12.3 Å². The lowest BCUT2D eigenvalue weighted by Gasteiger charge is -1.99. The normalized spacial score (nSPS) is 15.0. The van der Waals surface area contributed by atoms with Crippen LogP contribution in [0.3, 0.4) is 0 Å². The Morgan fingerprint density at radius 2 is 2.18 bits per heavy atom. The van der Waals surface area contributed by atoms with Crippen molar-refractivity contribution in [3.8, 4) is 0 Å². The van der Waals surface area contributed by atoms with Crippen molar-refractivity contribution < 1.29 is 0 Å². The van der Waals surface area contributed by atoms with Crippen molar-refractivity contribution in [3.63, 3.8) is 0 Å². The molecule has 1 aliphatic rings. The molecule has 0 unspecified atom stereocenters. The van der Waals surface area contributed by atoms with E-state index in [4.69, 9.17) is 0 Å². The van der Waals surface area contributed by atoms with Crippen LogP contribution in [-0.2, 0) is 18.2 Å². The lowest BCUT2D eigenvalue weighted by molar-refractivity contribution is 0.911. The standard InChI is InChI=1S/C9H10BrN/c10-5-9-4-7-2-1-3-8(7)6-11-9/h4,6H,1-3,5H2. The number of hydrogen-bond acceptors (Lipinski definition) is 1. The van der Waals surface area contributed by atoms with Crippen LogP contribution in [-0.4, -0.2) is 4.98 Å². The Kier molecular flexibility index (Phi) is 1.95. The van der Waals surface area contributed by atoms with Gasteiger partial charge in [0.15, 0.2) is 0 Å². The minimum absolute atomic E-state index is 0.875. The maximum absolute atomic E-state index is 4.32. The lowest BCUT2D eigenvalue weighted by Crippen LogP contribution is -1.89. The summed E-state index contributed by atoms with van der Waals surface area (Å²) in [5.74, 6) is 0. The molecule has 0 saturated carbocycles. The molecule has 1 aromatic rings. The molecule has 1 nitrogen and oxygen atoms in total. The van der Waals surface area contributed by atoms with E-state index in [1.54, 1.807) is 0 Å². The van der Waals surface area contributed by atoms with Crippen LogP contribution in [0.1, 0.15) is 23.2 Å². The van der Waals surface area contributed by atoms with E-state index in [9.17, 15) is 0 Å². The van der Waals surface area contributed by atoms with Crippen LogP contribution in [0.4, 0.5) is 0 Å². The lowest BCUT2D eigenvalue weighted by atomic mass is 10.2. The quantitative estimate of drug-likeness (QED) is 0.651. The Labute approximate surface area is 75.0 Å². The fraction of sp³-hybridized carbons (Fsp3) is 0.444. The Morgan fingerprint density at radius 3 is 3.00 bits per heavy atom. The Morgan fingerprint density at radius 1 is 1.36 bits per heavy atom. The molecular weight excluding hydrogens is 202 g/mol. The predicted molar refractivity (Wildman–Crippen MR) is 48.9 cm³/mol. The van der Waals surface area contributed by atoms with Gasteiger partial charge in [0.2, 0.25) is 0 Å². The van der Waals surface area contributed by atoms with Gasteiger partial charge in [-0.15, -0.1) is 0 Å². The molecule has 1 heterocycles. The third kappa shape index (κ3) is 1.32. The second-order valence-electron chi connectivity index (χ2n) is 2.93.